The van der Waals surface area contributed by atoms with E-state index in [9.17, 15) is 0 Å². The van der Waals surface area contributed by atoms with Crippen LogP contribution in [-0.2, 0) is 12.8 Å². The van der Waals surface area contributed by atoms with Crippen LogP contribution in [0.25, 0.3) is 0 Å². The molecule has 0 fully saturated rings. The van der Waals surface area contributed by atoms with Crippen molar-refractivity contribution in [2.45, 2.75) is 18.9 Å². The first-order chi connectivity index (χ1) is 17.1. The van der Waals surface area contributed by atoms with Gasteiger partial charge in [-0.3, -0.25) is 0 Å². The zero-order valence-electron chi connectivity index (χ0n) is 20.5. The van der Waals surface area contributed by atoms with E-state index in [1.54, 1.807) is 21.3 Å². The molecule has 1 unspecified atom stereocenters. The monoisotopic (exact) mass is 492 g/mol. The molecule has 6 nitrogen and oxygen atoms in total. The summed E-state index contributed by atoms with van der Waals surface area (Å²) in [6, 6.07) is 22.1. The summed E-state index contributed by atoms with van der Waals surface area (Å²) in [5.41, 5.74) is 3.61. The number of methoxy groups -OCH3 is 3. The summed E-state index contributed by atoms with van der Waals surface area (Å²) in [7, 11) is 4.96. The molecule has 0 spiro atoms. The van der Waals surface area contributed by atoms with Crippen molar-refractivity contribution in [3.63, 3.8) is 0 Å². The molecule has 0 bridgehead atoms. The van der Waals surface area contributed by atoms with Crippen molar-refractivity contribution in [1.82, 2.24) is 10.2 Å². The van der Waals surface area contributed by atoms with Crippen LogP contribution in [0.2, 0.25) is 0 Å². The van der Waals surface area contributed by atoms with E-state index in [1.807, 2.05) is 36.4 Å². The van der Waals surface area contributed by atoms with Gasteiger partial charge in [-0.25, -0.2) is 0 Å². The van der Waals surface area contributed by atoms with Gasteiger partial charge in [0.05, 0.1) is 27.4 Å². The van der Waals surface area contributed by atoms with Gasteiger partial charge in [0.2, 0.25) is 0 Å². The quantitative estimate of drug-likeness (QED) is 0.430. The number of nitrogens with zero attached hydrogens (tertiary/aromatic N) is 1. The van der Waals surface area contributed by atoms with E-state index >= 15 is 0 Å². The van der Waals surface area contributed by atoms with Gasteiger partial charge in [0.1, 0.15) is 6.61 Å². The topological polar surface area (TPSA) is 52.2 Å². The fraction of sp³-hybridized carbons (Fsp3) is 0.321. The van der Waals surface area contributed by atoms with Gasteiger partial charge in [-0.05, 0) is 66.0 Å². The number of hydrogen-bond donors (Lipinski definition) is 1. The van der Waals surface area contributed by atoms with Crippen LogP contribution in [0.5, 0.6) is 23.0 Å². The highest BCUT2D eigenvalue weighted by Crippen LogP contribution is 2.39. The molecule has 0 saturated carbocycles. The number of rotatable bonds is 9. The van der Waals surface area contributed by atoms with Gasteiger partial charge >= 0.3 is 0 Å². The Morgan fingerprint density at radius 3 is 2.26 bits per heavy atom. The summed E-state index contributed by atoms with van der Waals surface area (Å²) in [6.45, 7) is 1.95. The van der Waals surface area contributed by atoms with Crippen LogP contribution in [0.3, 0.4) is 0 Å². The van der Waals surface area contributed by atoms with Gasteiger partial charge in [-0.2, -0.15) is 0 Å². The molecule has 1 heterocycles. The summed E-state index contributed by atoms with van der Waals surface area (Å²) in [4.78, 5) is 2.21. The minimum Gasteiger partial charge on any atom is -0.493 e. The molecule has 0 amide bonds. The van der Waals surface area contributed by atoms with E-state index in [4.69, 9.17) is 31.2 Å². The Bertz CT molecular complexity index is 1140. The number of thiocarbonyl (C=S) groups is 1. The van der Waals surface area contributed by atoms with Crippen molar-refractivity contribution in [2.24, 2.45) is 0 Å². The van der Waals surface area contributed by atoms with E-state index in [0.29, 0.717) is 23.9 Å². The summed E-state index contributed by atoms with van der Waals surface area (Å²) < 4.78 is 22.9. The maximum Gasteiger partial charge on any atom is 0.169 e. The lowest BCUT2D eigenvalue weighted by atomic mass is 9.92. The minimum atomic E-state index is -0.0970. The predicted molar refractivity (Wildman–Crippen MR) is 142 cm³/mol. The number of ether oxygens (including phenoxy) is 4. The van der Waals surface area contributed by atoms with Crippen LogP contribution in [0, 0.1) is 0 Å². The standard InChI is InChI=1S/C28H32N2O4S/c1-31-24-11-7-8-12-25(24)34-19-23-22-18-27(33-3)26(32-2)17-21(22)14-16-30(23)28(35)29-15-13-20-9-5-4-6-10-20/h4-12,17-18,23H,13-16,19H2,1-3H3,(H,29,35). The lowest BCUT2D eigenvalue weighted by Gasteiger charge is -2.39. The van der Waals surface area contributed by atoms with Gasteiger partial charge in [-0.15, -0.1) is 0 Å². The summed E-state index contributed by atoms with van der Waals surface area (Å²) in [6.07, 6.45) is 1.75. The molecule has 1 N–H and O–H groups in total. The molecule has 0 saturated heterocycles. The van der Waals surface area contributed by atoms with Gasteiger partial charge < -0.3 is 29.2 Å². The number of nitrogens with one attached hydrogen (secondary N) is 1. The van der Waals surface area contributed by atoms with Crippen LogP contribution < -0.4 is 24.3 Å². The van der Waals surface area contributed by atoms with Crippen LogP contribution in [0.15, 0.2) is 66.7 Å². The first kappa shape index (κ1) is 24.7. The highest BCUT2D eigenvalue weighted by Gasteiger charge is 2.31. The molecule has 3 aromatic carbocycles. The average molecular weight is 493 g/mol. The molecule has 1 aliphatic heterocycles. The van der Waals surface area contributed by atoms with Crippen molar-refractivity contribution in [1.29, 1.82) is 0 Å². The summed E-state index contributed by atoms with van der Waals surface area (Å²) in [5.74, 6) is 2.82. The van der Waals surface area contributed by atoms with Crippen LogP contribution in [0.1, 0.15) is 22.7 Å². The van der Waals surface area contributed by atoms with Crippen LogP contribution in [0.4, 0.5) is 0 Å². The van der Waals surface area contributed by atoms with Crippen molar-refractivity contribution in [2.75, 3.05) is 41.0 Å². The Hall–Kier alpha value is -3.45. The third-order valence-corrected chi connectivity index (χ3v) is 6.64. The number of para-hydroxylation sites is 2. The van der Waals surface area contributed by atoms with Crippen molar-refractivity contribution in [3.8, 4) is 23.0 Å². The first-order valence-corrected chi connectivity index (χ1v) is 12.1. The second kappa shape index (κ2) is 11.8. The maximum atomic E-state index is 6.28. The molecular weight excluding hydrogens is 460 g/mol. The molecule has 7 heteroatoms. The lowest BCUT2D eigenvalue weighted by Crippen LogP contribution is -2.47. The zero-order valence-corrected chi connectivity index (χ0v) is 21.3. The Morgan fingerprint density at radius 2 is 1.54 bits per heavy atom. The predicted octanol–water partition coefficient (Wildman–Crippen LogP) is 4.81. The fourth-order valence-corrected chi connectivity index (χ4v) is 4.74. The number of fused-ring (bicyclic) bond motifs is 1. The minimum absolute atomic E-state index is 0.0970. The smallest absolute Gasteiger partial charge is 0.169 e. The molecular formula is C28H32N2O4S. The molecule has 0 aliphatic carbocycles. The van der Waals surface area contributed by atoms with E-state index in [0.717, 1.165) is 42.4 Å². The van der Waals surface area contributed by atoms with Crippen molar-refractivity contribution >= 4 is 17.3 Å². The Labute approximate surface area is 212 Å². The molecule has 1 atom stereocenters. The van der Waals surface area contributed by atoms with Gasteiger partial charge in [0.25, 0.3) is 0 Å². The second-order valence-electron chi connectivity index (χ2n) is 8.29. The van der Waals surface area contributed by atoms with Crippen molar-refractivity contribution < 1.29 is 18.9 Å². The molecule has 35 heavy (non-hydrogen) atoms. The highest BCUT2D eigenvalue weighted by molar-refractivity contribution is 7.80. The third kappa shape index (κ3) is 5.80. The molecule has 0 radical (unpaired) electrons. The third-order valence-electron chi connectivity index (χ3n) is 6.26. The Morgan fingerprint density at radius 1 is 0.886 bits per heavy atom. The molecule has 4 rings (SSSR count). The highest BCUT2D eigenvalue weighted by atomic mass is 32.1. The lowest BCUT2D eigenvalue weighted by molar-refractivity contribution is 0.182. The van der Waals surface area contributed by atoms with Crippen molar-refractivity contribution in [3.05, 3.63) is 83.4 Å². The first-order valence-electron chi connectivity index (χ1n) is 11.7. The van der Waals surface area contributed by atoms with Crippen LogP contribution >= 0.6 is 12.2 Å². The van der Waals surface area contributed by atoms with E-state index < -0.39 is 0 Å². The Kier molecular flexibility index (Phi) is 8.32. The molecule has 1 aliphatic rings. The fourth-order valence-electron chi connectivity index (χ4n) is 4.42. The average Bonchev–Trinajstić information content (AvgIpc) is 2.91. The van der Waals surface area contributed by atoms with Gasteiger partial charge in [0.15, 0.2) is 28.1 Å². The van der Waals surface area contributed by atoms with Gasteiger partial charge in [0, 0.05) is 13.1 Å². The Balaban J connectivity index is 1.56. The second-order valence-corrected chi connectivity index (χ2v) is 8.68. The van der Waals surface area contributed by atoms with E-state index in [2.05, 4.69) is 40.5 Å². The molecule has 3 aromatic rings. The molecule has 184 valence electrons. The maximum absolute atomic E-state index is 6.28. The normalized spacial score (nSPS) is 14.6. The number of hydrogen-bond acceptors (Lipinski definition) is 5. The van der Waals surface area contributed by atoms with Crippen LogP contribution in [-0.4, -0.2) is 51.0 Å². The number of benzene rings is 3. The summed E-state index contributed by atoms with van der Waals surface area (Å²) >= 11 is 5.86. The summed E-state index contributed by atoms with van der Waals surface area (Å²) in [5, 5.41) is 4.17. The SMILES string of the molecule is COc1cc2c(cc1OC)C(COc1ccccc1OC)N(C(=S)NCCc1ccccc1)CC2. The molecule has 0 aromatic heterocycles. The largest absolute Gasteiger partial charge is 0.493 e. The van der Waals surface area contributed by atoms with Gasteiger partial charge in [-0.1, -0.05) is 42.5 Å². The zero-order chi connectivity index (χ0) is 24.6. The van der Waals surface area contributed by atoms with E-state index in [1.165, 1.54) is 11.1 Å². The van der Waals surface area contributed by atoms with E-state index in [-0.39, 0.29) is 6.04 Å².